The van der Waals surface area contributed by atoms with Crippen molar-refractivity contribution in [2.75, 3.05) is 13.7 Å². The molecule has 0 saturated carbocycles. The molecule has 0 unspecified atom stereocenters. The first kappa shape index (κ1) is 30.3. The van der Waals surface area contributed by atoms with Gasteiger partial charge in [-0.2, -0.15) is 0 Å². The zero-order valence-corrected chi connectivity index (χ0v) is 22.4. The number of methoxy groups -OCH3 is 1. The van der Waals surface area contributed by atoms with Gasteiger partial charge in [0.1, 0.15) is 24.2 Å². The summed E-state index contributed by atoms with van der Waals surface area (Å²) in [4.78, 5) is 67.6. The van der Waals surface area contributed by atoms with Crippen LogP contribution in [0.4, 0.5) is 0 Å². The van der Waals surface area contributed by atoms with Gasteiger partial charge in [-0.05, 0) is 27.7 Å². The van der Waals surface area contributed by atoms with Crippen molar-refractivity contribution in [3.63, 3.8) is 0 Å². The Hall–Kier alpha value is -3.90. The van der Waals surface area contributed by atoms with Crippen molar-refractivity contribution in [2.24, 2.45) is 11.8 Å². The number of nitrogens with one attached hydrogen (secondary N) is 1. The molecular formula is C25H34N2O11. The second kappa shape index (κ2) is 12.6. The van der Waals surface area contributed by atoms with Crippen molar-refractivity contribution in [1.82, 2.24) is 10.3 Å². The molecule has 0 bridgehead atoms. The lowest BCUT2D eigenvalue weighted by molar-refractivity contribution is -0.180. The number of amides is 1. The number of carbonyl (C=O) groups is 5. The first-order valence-electron chi connectivity index (χ1n) is 12.0. The summed E-state index contributed by atoms with van der Waals surface area (Å²) in [6.07, 6.45) is -1.91. The molecule has 2 heterocycles. The number of carbonyl (C=O) groups excluding carboxylic acids is 5. The largest absolute Gasteiger partial charge is 0.503 e. The molecule has 0 spiro atoms. The second-order valence-corrected chi connectivity index (χ2v) is 9.96. The van der Waals surface area contributed by atoms with Gasteiger partial charge in [0.05, 0.1) is 19.4 Å². The van der Waals surface area contributed by atoms with Crippen LogP contribution in [0.2, 0.25) is 0 Å². The lowest BCUT2D eigenvalue weighted by Gasteiger charge is -2.30. The topological polar surface area (TPSA) is 177 Å². The predicted octanol–water partition coefficient (Wildman–Crippen LogP) is 1.30. The average Bonchev–Trinajstić information content (AvgIpc) is 2.84. The Balaban J connectivity index is 2.34. The Bertz CT molecular complexity index is 1060. The lowest BCUT2D eigenvalue weighted by Crippen LogP contribution is -2.47. The van der Waals surface area contributed by atoms with Gasteiger partial charge in [-0.25, -0.2) is 9.78 Å². The van der Waals surface area contributed by atoms with Crippen molar-refractivity contribution >= 4 is 29.8 Å². The van der Waals surface area contributed by atoms with Crippen molar-refractivity contribution in [3.05, 3.63) is 18.0 Å². The van der Waals surface area contributed by atoms with Crippen molar-refractivity contribution in [2.45, 2.75) is 71.8 Å². The van der Waals surface area contributed by atoms with Crippen molar-refractivity contribution in [1.29, 1.82) is 0 Å². The number of hydrogen-bond acceptors (Lipinski definition) is 12. The van der Waals surface area contributed by atoms with E-state index in [2.05, 4.69) is 10.3 Å². The lowest BCUT2D eigenvalue weighted by atomic mass is 9.94. The number of cyclic esters (lactones) is 2. The van der Waals surface area contributed by atoms with E-state index in [4.69, 9.17) is 23.7 Å². The molecule has 1 aliphatic rings. The highest BCUT2D eigenvalue weighted by Gasteiger charge is 2.44. The van der Waals surface area contributed by atoms with Crippen LogP contribution < -0.4 is 10.1 Å². The molecule has 1 fully saturated rings. The van der Waals surface area contributed by atoms with Crippen LogP contribution in [0, 0.1) is 11.8 Å². The average molecular weight is 539 g/mol. The van der Waals surface area contributed by atoms with Crippen LogP contribution >= 0.6 is 0 Å². The molecule has 1 aliphatic heterocycles. The maximum absolute atomic E-state index is 13.1. The van der Waals surface area contributed by atoms with E-state index in [1.165, 1.54) is 26.3 Å². The molecule has 38 heavy (non-hydrogen) atoms. The van der Waals surface area contributed by atoms with E-state index in [0.29, 0.717) is 0 Å². The fraction of sp³-hybridized carbons (Fsp3) is 0.600. The van der Waals surface area contributed by atoms with Gasteiger partial charge in [0, 0.05) is 12.3 Å². The van der Waals surface area contributed by atoms with Gasteiger partial charge in [0.2, 0.25) is 0 Å². The normalized spacial score (nSPS) is 22.2. The molecule has 0 aliphatic carbocycles. The fourth-order valence-electron chi connectivity index (χ4n) is 3.44. The molecule has 0 aromatic carbocycles. The fourth-order valence-corrected chi connectivity index (χ4v) is 3.44. The summed E-state index contributed by atoms with van der Waals surface area (Å²) in [7, 11) is 1.28. The summed E-state index contributed by atoms with van der Waals surface area (Å²) in [6, 6.07) is -0.184. The highest BCUT2D eigenvalue weighted by Crippen LogP contribution is 2.28. The van der Waals surface area contributed by atoms with E-state index in [1.54, 1.807) is 34.6 Å². The minimum atomic E-state index is -1.51. The third-order valence-corrected chi connectivity index (χ3v) is 5.30. The van der Waals surface area contributed by atoms with E-state index >= 15 is 0 Å². The van der Waals surface area contributed by atoms with Gasteiger partial charge in [-0.3, -0.25) is 19.2 Å². The first-order chi connectivity index (χ1) is 17.6. The Morgan fingerprint density at radius 3 is 2.45 bits per heavy atom. The van der Waals surface area contributed by atoms with Crippen LogP contribution in [0.15, 0.2) is 12.3 Å². The molecule has 13 heteroatoms. The molecule has 1 amide bonds. The quantitative estimate of drug-likeness (QED) is 0.376. The zero-order chi connectivity index (χ0) is 28.8. The molecule has 1 aromatic rings. The third-order valence-electron chi connectivity index (χ3n) is 5.30. The summed E-state index contributed by atoms with van der Waals surface area (Å²) in [5.41, 5.74) is -1.29. The summed E-state index contributed by atoms with van der Waals surface area (Å²) in [6.45, 7) is 8.80. The van der Waals surface area contributed by atoms with Gasteiger partial charge in [-0.1, -0.05) is 13.8 Å². The smallest absolute Gasteiger partial charge is 0.332 e. The number of aromatic nitrogens is 1. The maximum Gasteiger partial charge on any atom is 0.332 e. The molecule has 1 saturated heterocycles. The highest BCUT2D eigenvalue weighted by molar-refractivity contribution is 5.98. The number of aromatic hydroxyl groups is 1. The van der Waals surface area contributed by atoms with Gasteiger partial charge in [-0.15, -0.1) is 0 Å². The van der Waals surface area contributed by atoms with Crippen molar-refractivity contribution < 1.29 is 52.8 Å². The number of pyridine rings is 1. The first-order valence-corrected chi connectivity index (χ1v) is 12.0. The summed E-state index contributed by atoms with van der Waals surface area (Å²) in [5.74, 6) is -6.94. The number of hydrogen-bond donors (Lipinski definition) is 2. The third kappa shape index (κ3) is 8.05. The Labute approximate surface area is 220 Å². The Morgan fingerprint density at radius 1 is 1.21 bits per heavy atom. The van der Waals surface area contributed by atoms with Crippen LogP contribution in [0.1, 0.15) is 58.5 Å². The van der Waals surface area contributed by atoms with Crippen LogP contribution in [-0.4, -0.2) is 77.4 Å². The van der Waals surface area contributed by atoms with E-state index in [-0.39, 0.29) is 5.75 Å². The van der Waals surface area contributed by atoms with E-state index < -0.39 is 89.9 Å². The monoisotopic (exact) mass is 538 g/mol. The molecule has 4 atom stereocenters. The van der Waals surface area contributed by atoms with E-state index in [0.717, 1.165) is 0 Å². The molecule has 2 N–H and O–H groups in total. The number of esters is 4. The number of rotatable bonds is 7. The number of ether oxygens (including phenoxy) is 5. The minimum Gasteiger partial charge on any atom is -0.503 e. The summed E-state index contributed by atoms with van der Waals surface area (Å²) >= 11 is 0. The van der Waals surface area contributed by atoms with Gasteiger partial charge in [0.15, 0.2) is 29.3 Å². The molecule has 210 valence electrons. The minimum absolute atomic E-state index is 0.0259. The highest BCUT2D eigenvalue weighted by atomic mass is 16.6. The molecular weight excluding hydrogens is 504 g/mol. The molecule has 13 nitrogen and oxygen atoms in total. The van der Waals surface area contributed by atoms with Gasteiger partial charge < -0.3 is 34.1 Å². The van der Waals surface area contributed by atoms with Crippen LogP contribution in [0.5, 0.6) is 11.5 Å². The summed E-state index contributed by atoms with van der Waals surface area (Å²) < 4.78 is 26.4. The maximum atomic E-state index is 13.1. The van der Waals surface area contributed by atoms with Crippen LogP contribution in [0.25, 0.3) is 0 Å². The van der Waals surface area contributed by atoms with Gasteiger partial charge >= 0.3 is 23.9 Å². The number of nitrogens with zero attached hydrogens (tertiary/aromatic N) is 1. The standard InChI is InChI=1S/C25H34N2O11/c1-12(2)22(31)37-20-13(3)36-24(33)15(27-21(30)18-19(29)16(34-7)8-9-26-18)11-35-23(32)14(20)10-17(28)38-25(4,5)6/h8-9,12-15,20,29H,10-11H2,1-7H3,(H,27,30)/t13-,14+,15-,20-/m0/s1. The second-order valence-electron chi connectivity index (χ2n) is 9.96. The molecule has 2 rings (SSSR count). The van der Waals surface area contributed by atoms with Crippen molar-refractivity contribution in [3.8, 4) is 11.5 Å². The van der Waals surface area contributed by atoms with Gasteiger partial charge in [0.25, 0.3) is 5.91 Å². The summed E-state index contributed by atoms with van der Waals surface area (Å²) in [5, 5.41) is 12.5. The van der Waals surface area contributed by atoms with Crippen LogP contribution in [0.3, 0.4) is 0 Å². The molecule has 0 radical (unpaired) electrons. The zero-order valence-electron chi connectivity index (χ0n) is 22.4. The Morgan fingerprint density at radius 2 is 1.87 bits per heavy atom. The molecule has 1 aromatic heterocycles. The van der Waals surface area contributed by atoms with E-state index in [1.807, 2.05) is 0 Å². The van der Waals surface area contributed by atoms with E-state index in [9.17, 15) is 29.1 Å². The SMILES string of the molecule is COc1ccnc(C(=O)N[C@H]2COC(=O)[C@H](CC(=O)OC(C)(C)C)[C@@H](OC(=O)C(C)C)[C@H](C)OC2=O)c1O. The predicted molar refractivity (Wildman–Crippen MR) is 129 cm³/mol. The Kier molecular flexibility index (Phi) is 10.0. The van der Waals surface area contributed by atoms with Crippen LogP contribution in [-0.2, 0) is 38.1 Å².